The molecule has 0 aromatic carbocycles. The van der Waals surface area contributed by atoms with Crippen molar-refractivity contribution in [2.45, 2.75) is 31.0 Å². The van der Waals surface area contributed by atoms with Gasteiger partial charge in [-0.1, -0.05) is 0 Å². The van der Waals surface area contributed by atoms with Crippen LogP contribution >= 0.6 is 0 Å². The molecule has 12 heavy (non-hydrogen) atoms. The van der Waals surface area contributed by atoms with E-state index in [1.54, 1.807) is 6.92 Å². The summed E-state index contributed by atoms with van der Waals surface area (Å²) in [7, 11) is 0. The maximum absolute atomic E-state index is 10.5. The van der Waals surface area contributed by atoms with Crippen molar-refractivity contribution in [1.82, 2.24) is 5.32 Å². The number of carbonyl (C=O) groups is 1. The highest BCUT2D eigenvalue weighted by Gasteiger charge is 2.38. The molecule has 5 heteroatoms. The van der Waals surface area contributed by atoms with E-state index in [-0.39, 0.29) is 6.42 Å². The standard InChI is InChI=1S/C7H14N2O3/c1-7(12)2-4(6(10)11)9-3-5(7)8/h4-5,9,12H,2-3,8H2,1H3,(H,10,11). The van der Waals surface area contributed by atoms with Crippen LogP contribution in [0.25, 0.3) is 0 Å². The quantitative estimate of drug-likeness (QED) is 0.388. The highest BCUT2D eigenvalue weighted by atomic mass is 16.4. The number of rotatable bonds is 1. The summed E-state index contributed by atoms with van der Waals surface area (Å²) in [6.45, 7) is 1.90. The van der Waals surface area contributed by atoms with E-state index in [9.17, 15) is 9.90 Å². The van der Waals surface area contributed by atoms with Crippen LogP contribution in [0.1, 0.15) is 13.3 Å². The van der Waals surface area contributed by atoms with E-state index in [2.05, 4.69) is 5.32 Å². The molecule has 0 bridgehead atoms. The van der Waals surface area contributed by atoms with Gasteiger partial charge in [0.1, 0.15) is 6.04 Å². The van der Waals surface area contributed by atoms with Gasteiger partial charge in [-0.3, -0.25) is 4.79 Å². The normalized spacial score (nSPS) is 42.6. The van der Waals surface area contributed by atoms with Gasteiger partial charge in [-0.2, -0.15) is 0 Å². The van der Waals surface area contributed by atoms with Gasteiger partial charge >= 0.3 is 5.97 Å². The molecule has 0 spiro atoms. The summed E-state index contributed by atoms with van der Waals surface area (Å²) in [5.41, 5.74) is 4.49. The smallest absolute Gasteiger partial charge is 0.320 e. The molecule has 5 nitrogen and oxygen atoms in total. The Bertz CT molecular complexity index is 193. The summed E-state index contributed by atoms with van der Waals surface area (Å²) in [5, 5.41) is 21.0. The molecular weight excluding hydrogens is 160 g/mol. The van der Waals surface area contributed by atoms with Crippen molar-refractivity contribution in [3.05, 3.63) is 0 Å². The number of hydrogen-bond acceptors (Lipinski definition) is 4. The molecule has 0 saturated carbocycles. The number of hydrogen-bond donors (Lipinski definition) is 4. The number of piperidine rings is 1. The minimum atomic E-state index is -1.08. The van der Waals surface area contributed by atoms with Gasteiger partial charge in [0.25, 0.3) is 0 Å². The van der Waals surface area contributed by atoms with Crippen LogP contribution in [0, 0.1) is 0 Å². The topological polar surface area (TPSA) is 95.6 Å². The van der Waals surface area contributed by atoms with E-state index in [4.69, 9.17) is 10.8 Å². The number of carboxylic acids is 1. The highest BCUT2D eigenvalue weighted by molar-refractivity contribution is 5.73. The van der Waals surface area contributed by atoms with E-state index < -0.39 is 23.7 Å². The fourth-order valence-electron chi connectivity index (χ4n) is 1.30. The third kappa shape index (κ3) is 1.74. The number of aliphatic hydroxyl groups is 1. The first kappa shape index (κ1) is 9.44. The van der Waals surface area contributed by atoms with Crippen molar-refractivity contribution in [3.8, 4) is 0 Å². The Morgan fingerprint density at radius 3 is 2.75 bits per heavy atom. The second-order valence-electron chi connectivity index (χ2n) is 3.47. The second-order valence-corrected chi connectivity index (χ2v) is 3.47. The number of nitrogens with one attached hydrogen (secondary N) is 1. The molecule has 1 saturated heterocycles. The zero-order valence-corrected chi connectivity index (χ0v) is 6.95. The van der Waals surface area contributed by atoms with Crippen molar-refractivity contribution in [2.75, 3.05) is 6.54 Å². The Kier molecular flexibility index (Phi) is 2.36. The molecule has 3 atom stereocenters. The zero-order valence-electron chi connectivity index (χ0n) is 6.95. The maximum atomic E-state index is 10.5. The lowest BCUT2D eigenvalue weighted by atomic mass is 9.86. The van der Waals surface area contributed by atoms with E-state index in [0.717, 1.165) is 0 Å². The fourth-order valence-corrected chi connectivity index (χ4v) is 1.30. The molecule has 1 rings (SSSR count). The second kappa shape index (κ2) is 3.01. The highest BCUT2D eigenvalue weighted by Crippen LogP contribution is 2.19. The molecule has 1 heterocycles. The van der Waals surface area contributed by atoms with Gasteiger partial charge in [0.05, 0.1) is 5.60 Å². The van der Waals surface area contributed by atoms with Crippen LogP contribution < -0.4 is 11.1 Å². The molecule has 70 valence electrons. The summed E-state index contributed by atoms with van der Waals surface area (Å²) in [6, 6.07) is -1.08. The zero-order chi connectivity index (χ0) is 9.35. The molecule has 0 aromatic heterocycles. The molecular formula is C7H14N2O3. The first-order valence-electron chi connectivity index (χ1n) is 3.87. The van der Waals surface area contributed by atoms with Gasteiger partial charge in [0.2, 0.25) is 0 Å². The van der Waals surface area contributed by atoms with Gasteiger partial charge in [0.15, 0.2) is 0 Å². The van der Waals surface area contributed by atoms with Crippen LogP contribution in [0.15, 0.2) is 0 Å². The molecule has 3 unspecified atom stereocenters. The number of nitrogens with two attached hydrogens (primary N) is 1. The molecule has 0 amide bonds. The largest absolute Gasteiger partial charge is 0.480 e. The van der Waals surface area contributed by atoms with Gasteiger partial charge in [-0.05, 0) is 6.92 Å². The van der Waals surface area contributed by atoms with Crippen molar-refractivity contribution in [2.24, 2.45) is 5.73 Å². The molecule has 1 aliphatic heterocycles. The summed E-state index contributed by atoms with van der Waals surface area (Å²) in [4.78, 5) is 10.5. The average Bonchev–Trinajstić information content (AvgIpc) is 1.94. The Balaban J connectivity index is 2.63. The summed E-state index contributed by atoms with van der Waals surface area (Å²) >= 11 is 0. The summed E-state index contributed by atoms with van der Waals surface area (Å²) in [6.07, 6.45) is 0.156. The Hall–Kier alpha value is -0.650. The SMILES string of the molecule is CC1(O)CC(C(=O)O)NCC1N. The predicted molar refractivity (Wildman–Crippen MR) is 42.6 cm³/mol. The first-order valence-corrected chi connectivity index (χ1v) is 3.87. The van der Waals surface area contributed by atoms with Crippen LogP contribution in [0.4, 0.5) is 0 Å². The maximum Gasteiger partial charge on any atom is 0.320 e. The Labute approximate surface area is 70.6 Å². The molecule has 0 radical (unpaired) electrons. The van der Waals surface area contributed by atoms with Crippen LogP contribution in [0.2, 0.25) is 0 Å². The van der Waals surface area contributed by atoms with Crippen LogP contribution in [0.5, 0.6) is 0 Å². The minimum Gasteiger partial charge on any atom is -0.480 e. The summed E-state index contributed by atoms with van der Waals surface area (Å²) in [5.74, 6) is -0.942. The minimum absolute atomic E-state index is 0.156. The van der Waals surface area contributed by atoms with Crippen LogP contribution in [0.3, 0.4) is 0 Å². The Morgan fingerprint density at radius 2 is 2.33 bits per heavy atom. The summed E-state index contributed by atoms with van der Waals surface area (Å²) < 4.78 is 0. The van der Waals surface area contributed by atoms with Gasteiger partial charge in [-0.15, -0.1) is 0 Å². The van der Waals surface area contributed by atoms with Crippen molar-refractivity contribution >= 4 is 5.97 Å². The average molecular weight is 174 g/mol. The van der Waals surface area contributed by atoms with Crippen LogP contribution in [-0.4, -0.2) is 40.4 Å². The third-order valence-corrected chi connectivity index (χ3v) is 2.30. The van der Waals surface area contributed by atoms with Gasteiger partial charge in [0, 0.05) is 19.0 Å². The van der Waals surface area contributed by atoms with Gasteiger partial charge < -0.3 is 21.3 Å². The fraction of sp³-hybridized carbons (Fsp3) is 0.857. The lowest BCUT2D eigenvalue weighted by Gasteiger charge is -2.38. The van der Waals surface area contributed by atoms with Crippen molar-refractivity contribution in [1.29, 1.82) is 0 Å². The van der Waals surface area contributed by atoms with E-state index in [0.29, 0.717) is 6.54 Å². The molecule has 0 aliphatic carbocycles. The first-order chi connectivity index (χ1) is 5.43. The van der Waals surface area contributed by atoms with Crippen molar-refractivity contribution in [3.63, 3.8) is 0 Å². The third-order valence-electron chi connectivity index (χ3n) is 2.30. The van der Waals surface area contributed by atoms with Crippen molar-refractivity contribution < 1.29 is 15.0 Å². The van der Waals surface area contributed by atoms with E-state index in [1.165, 1.54) is 0 Å². The van der Waals surface area contributed by atoms with Gasteiger partial charge in [-0.25, -0.2) is 0 Å². The lowest BCUT2D eigenvalue weighted by Crippen LogP contribution is -2.62. The Morgan fingerprint density at radius 1 is 1.75 bits per heavy atom. The molecule has 1 aliphatic rings. The molecule has 0 aromatic rings. The van der Waals surface area contributed by atoms with E-state index >= 15 is 0 Å². The van der Waals surface area contributed by atoms with Crippen LogP contribution in [-0.2, 0) is 4.79 Å². The molecule has 1 fully saturated rings. The molecule has 5 N–H and O–H groups in total. The predicted octanol–water partition coefficient (Wildman–Crippen LogP) is -1.49. The lowest BCUT2D eigenvalue weighted by molar-refractivity contribution is -0.143. The number of carboxylic acid groups (broad SMARTS) is 1. The number of aliphatic carboxylic acids is 1. The van der Waals surface area contributed by atoms with E-state index in [1.807, 2.05) is 0 Å². The monoisotopic (exact) mass is 174 g/mol.